The molecule has 5 heteroatoms. The highest BCUT2D eigenvalue weighted by Gasteiger charge is 2.05. The summed E-state index contributed by atoms with van der Waals surface area (Å²) in [5, 5.41) is 0.874. The van der Waals surface area contributed by atoms with Gasteiger partial charge in [0, 0.05) is 11.6 Å². The summed E-state index contributed by atoms with van der Waals surface area (Å²) in [5.41, 5.74) is 11.5. The van der Waals surface area contributed by atoms with Crippen molar-refractivity contribution in [2.24, 2.45) is 16.5 Å². The first-order valence-corrected chi connectivity index (χ1v) is 4.65. The van der Waals surface area contributed by atoms with Gasteiger partial charge in [-0.15, -0.1) is 0 Å². The number of benzene rings is 1. The fraction of sp³-hybridized carbons (Fsp3) is 0. The number of hydrogen-bond donors (Lipinski definition) is 2. The Balaban J connectivity index is 2.47. The van der Waals surface area contributed by atoms with Crippen LogP contribution in [0, 0.1) is 0 Å². The van der Waals surface area contributed by atoms with Crippen molar-refractivity contribution < 1.29 is 4.79 Å². The number of para-hydroxylation sites is 1. The molecule has 80 valence electrons. The zero-order valence-corrected chi connectivity index (χ0v) is 8.42. The first-order valence-electron chi connectivity index (χ1n) is 4.65. The summed E-state index contributed by atoms with van der Waals surface area (Å²) < 4.78 is 0. The van der Waals surface area contributed by atoms with Crippen molar-refractivity contribution in [2.45, 2.75) is 0 Å². The van der Waals surface area contributed by atoms with Crippen LogP contribution < -0.4 is 11.5 Å². The first kappa shape index (κ1) is 10.1. The summed E-state index contributed by atoms with van der Waals surface area (Å²) in [5.74, 6) is -0.739. The van der Waals surface area contributed by atoms with E-state index in [2.05, 4.69) is 9.98 Å². The standard InChI is InChI=1S/C11H10N4O/c12-11(13)15-10(16)8-5-7-3-1-2-4-9(7)14-6-8/h1-6H,(H4,12,13,15,16). The topological polar surface area (TPSA) is 94.4 Å². The number of aliphatic imine (C=N–C) groups is 1. The Labute approximate surface area is 91.8 Å². The molecule has 0 atom stereocenters. The molecule has 1 heterocycles. The number of fused-ring (bicyclic) bond motifs is 1. The van der Waals surface area contributed by atoms with E-state index in [4.69, 9.17) is 11.5 Å². The van der Waals surface area contributed by atoms with Crippen LogP contribution in [0.25, 0.3) is 10.9 Å². The molecule has 0 spiro atoms. The van der Waals surface area contributed by atoms with Crippen molar-refractivity contribution >= 4 is 22.8 Å². The summed E-state index contributed by atoms with van der Waals surface area (Å²) in [6.45, 7) is 0. The number of hydrogen-bond acceptors (Lipinski definition) is 2. The number of guanidine groups is 1. The smallest absolute Gasteiger partial charge is 0.281 e. The predicted molar refractivity (Wildman–Crippen MR) is 61.9 cm³/mol. The summed E-state index contributed by atoms with van der Waals surface area (Å²) in [6, 6.07) is 9.20. The molecule has 0 fully saturated rings. The van der Waals surface area contributed by atoms with Crippen molar-refractivity contribution in [3.63, 3.8) is 0 Å². The Hall–Kier alpha value is -2.43. The van der Waals surface area contributed by atoms with E-state index < -0.39 is 5.91 Å². The fourth-order valence-electron chi connectivity index (χ4n) is 1.37. The van der Waals surface area contributed by atoms with Crippen LogP contribution in [0.1, 0.15) is 10.4 Å². The lowest BCUT2D eigenvalue weighted by Crippen LogP contribution is -2.24. The number of nitrogens with two attached hydrogens (primary N) is 2. The van der Waals surface area contributed by atoms with Gasteiger partial charge in [-0.25, -0.2) is 0 Å². The highest BCUT2D eigenvalue weighted by Crippen LogP contribution is 2.13. The van der Waals surface area contributed by atoms with Gasteiger partial charge in [-0.2, -0.15) is 4.99 Å². The Kier molecular flexibility index (Phi) is 2.51. The highest BCUT2D eigenvalue weighted by atomic mass is 16.1. The van der Waals surface area contributed by atoms with E-state index in [1.165, 1.54) is 6.20 Å². The molecule has 4 N–H and O–H groups in total. The second-order valence-corrected chi connectivity index (χ2v) is 3.26. The molecule has 1 amide bonds. The lowest BCUT2D eigenvalue weighted by molar-refractivity contribution is 0.100. The predicted octanol–water partition coefficient (Wildman–Crippen LogP) is 0.648. The third-order valence-corrected chi connectivity index (χ3v) is 2.07. The van der Waals surface area contributed by atoms with Crippen molar-refractivity contribution in [3.05, 3.63) is 42.1 Å². The summed E-state index contributed by atoms with van der Waals surface area (Å²) >= 11 is 0. The maximum absolute atomic E-state index is 11.5. The fourth-order valence-corrected chi connectivity index (χ4v) is 1.37. The number of rotatable bonds is 1. The van der Waals surface area contributed by atoms with Crippen LogP contribution in [-0.4, -0.2) is 16.9 Å². The molecule has 0 aliphatic rings. The molecular weight excluding hydrogens is 204 g/mol. The van der Waals surface area contributed by atoms with Gasteiger partial charge in [0.15, 0.2) is 5.96 Å². The van der Waals surface area contributed by atoms with Crippen LogP contribution >= 0.6 is 0 Å². The molecule has 0 bridgehead atoms. The molecule has 0 radical (unpaired) electrons. The zero-order chi connectivity index (χ0) is 11.5. The normalized spacial score (nSPS) is 10.0. The quantitative estimate of drug-likeness (QED) is 0.538. The summed E-state index contributed by atoms with van der Waals surface area (Å²) in [4.78, 5) is 19.1. The summed E-state index contributed by atoms with van der Waals surface area (Å²) in [6.07, 6.45) is 1.46. The first-order chi connectivity index (χ1) is 7.66. The van der Waals surface area contributed by atoms with E-state index in [1.54, 1.807) is 6.07 Å². The Morgan fingerprint density at radius 3 is 2.75 bits per heavy atom. The molecule has 0 saturated heterocycles. The molecule has 5 nitrogen and oxygen atoms in total. The third-order valence-electron chi connectivity index (χ3n) is 2.07. The van der Waals surface area contributed by atoms with E-state index in [0.717, 1.165) is 10.9 Å². The zero-order valence-electron chi connectivity index (χ0n) is 8.42. The van der Waals surface area contributed by atoms with Gasteiger partial charge in [0.2, 0.25) is 0 Å². The monoisotopic (exact) mass is 214 g/mol. The maximum atomic E-state index is 11.5. The number of pyridine rings is 1. The van der Waals surface area contributed by atoms with Crippen LogP contribution in [0.3, 0.4) is 0 Å². The number of aromatic nitrogens is 1. The van der Waals surface area contributed by atoms with Crippen LogP contribution in [0.5, 0.6) is 0 Å². The van der Waals surface area contributed by atoms with E-state index in [1.807, 2.05) is 24.3 Å². The van der Waals surface area contributed by atoms with Gasteiger partial charge in [0.05, 0.1) is 11.1 Å². The minimum absolute atomic E-state index is 0.252. The van der Waals surface area contributed by atoms with Crippen molar-refractivity contribution in [1.29, 1.82) is 0 Å². The molecule has 2 aromatic rings. The summed E-state index contributed by atoms with van der Waals surface area (Å²) in [7, 11) is 0. The van der Waals surface area contributed by atoms with Crippen molar-refractivity contribution in [3.8, 4) is 0 Å². The minimum Gasteiger partial charge on any atom is -0.370 e. The molecular formula is C11H10N4O. The third kappa shape index (κ3) is 1.98. The van der Waals surface area contributed by atoms with Crippen LogP contribution in [0.15, 0.2) is 41.5 Å². The van der Waals surface area contributed by atoms with Crippen molar-refractivity contribution in [2.75, 3.05) is 0 Å². The Bertz CT molecular complexity index is 573. The highest BCUT2D eigenvalue weighted by molar-refractivity contribution is 6.03. The number of amides is 1. The maximum Gasteiger partial charge on any atom is 0.281 e. The average molecular weight is 214 g/mol. The lowest BCUT2D eigenvalue weighted by atomic mass is 10.1. The average Bonchev–Trinajstić information content (AvgIpc) is 2.27. The molecule has 0 aliphatic carbocycles. The largest absolute Gasteiger partial charge is 0.370 e. The van der Waals surface area contributed by atoms with Gasteiger partial charge in [-0.05, 0) is 12.1 Å². The minimum atomic E-state index is -0.488. The van der Waals surface area contributed by atoms with Gasteiger partial charge >= 0.3 is 0 Å². The molecule has 2 rings (SSSR count). The van der Waals surface area contributed by atoms with Crippen molar-refractivity contribution in [1.82, 2.24) is 4.98 Å². The second-order valence-electron chi connectivity index (χ2n) is 3.26. The van der Waals surface area contributed by atoms with E-state index in [-0.39, 0.29) is 5.96 Å². The van der Waals surface area contributed by atoms with E-state index in [0.29, 0.717) is 5.56 Å². The van der Waals surface area contributed by atoms with Crippen LogP contribution in [0.4, 0.5) is 0 Å². The number of carbonyl (C=O) groups excluding carboxylic acids is 1. The number of carbonyl (C=O) groups is 1. The molecule has 16 heavy (non-hydrogen) atoms. The second kappa shape index (κ2) is 3.98. The number of nitrogens with zero attached hydrogens (tertiary/aromatic N) is 2. The Morgan fingerprint density at radius 2 is 2.00 bits per heavy atom. The van der Waals surface area contributed by atoms with Crippen LogP contribution in [0.2, 0.25) is 0 Å². The van der Waals surface area contributed by atoms with Gasteiger partial charge in [0.1, 0.15) is 0 Å². The molecule has 0 unspecified atom stereocenters. The molecule has 1 aromatic carbocycles. The van der Waals surface area contributed by atoms with Crippen LogP contribution in [-0.2, 0) is 0 Å². The lowest BCUT2D eigenvalue weighted by Gasteiger charge is -1.99. The Morgan fingerprint density at radius 1 is 1.25 bits per heavy atom. The molecule has 0 saturated carbocycles. The van der Waals surface area contributed by atoms with Gasteiger partial charge in [0.25, 0.3) is 5.91 Å². The van der Waals surface area contributed by atoms with E-state index in [9.17, 15) is 4.79 Å². The van der Waals surface area contributed by atoms with Gasteiger partial charge in [-0.3, -0.25) is 9.78 Å². The van der Waals surface area contributed by atoms with Gasteiger partial charge < -0.3 is 11.5 Å². The van der Waals surface area contributed by atoms with E-state index >= 15 is 0 Å². The van der Waals surface area contributed by atoms with Gasteiger partial charge in [-0.1, -0.05) is 18.2 Å². The molecule has 0 aliphatic heterocycles. The SMILES string of the molecule is NC(N)=NC(=O)c1cnc2ccccc2c1. The molecule has 1 aromatic heterocycles.